The van der Waals surface area contributed by atoms with Gasteiger partial charge in [-0.1, -0.05) is 0 Å². The summed E-state index contributed by atoms with van der Waals surface area (Å²) in [6, 6.07) is 14.3. The molecule has 1 aliphatic heterocycles. The number of alkyl halides is 3. The van der Waals surface area contributed by atoms with Gasteiger partial charge in [0, 0.05) is 29.2 Å². The fourth-order valence-corrected chi connectivity index (χ4v) is 3.62. The predicted molar refractivity (Wildman–Crippen MR) is 115 cm³/mol. The molecule has 0 atom stereocenters. The highest BCUT2D eigenvalue weighted by Gasteiger charge is 2.30. The summed E-state index contributed by atoms with van der Waals surface area (Å²) in [6.45, 7) is 0.132. The Kier molecular flexibility index (Phi) is 5.12. The van der Waals surface area contributed by atoms with Crippen LogP contribution in [0.5, 0.6) is 0 Å². The molecule has 0 saturated carbocycles. The number of aromatic nitrogens is 3. The summed E-state index contributed by atoms with van der Waals surface area (Å²) < 4.78 is 45.3. The van der Waals surface area contributed by atoms with E-state index >= 15 is 0 Å². The number of nitrogens with one attached hydrogen (secondary N) is 1. The first-order valence-electron chi connectivity index (χ1n) is 10.1. The molecule has 170 valence electrons. The SMILES string of the molecule is O=C(Nc1ccc2c(c1)COC2=O)c1cc(-c2ccncc2)n(-c2ccc(C(F)(F)F)cc2)n1. The second-order valence-corrected chi connectivity index (χ2v) is 7.51. The molecule has 2 aromatic heterocycles. The minimum absolute atomic E-state index is 0.0551. The first-order chi connectivity index (χ1) is 16.3. The highest BCUT2D eigenvalue weighted by Crippen LogP contribution is 2.31. The monoisotopic (exact) mass is 464 g/mol. The van der Waals surface area contributed by atoms with Crippen molar-refractivity contribution in [2.75, 3.05) is 5.32 Å². The number of pyridine rings is 1. The number of carbonyl (C=O) groups excluding carboxylic acids is 2. The Morgan fingerprint density at radius 3 is 2.44 bits per heavy atom. The molecule has 4 aromatic rings. The van der Waals surface area contributed by atoms with E-state index in [0.717, 1.165) is 12.1 Å². The molecule has 0 radical (unpaired) electrons. The molecule has 1 N–H and O–H groups in total. The fourth-order valence-electron chi connectivity index (χ4n) is 3.62. The standard InChI is InChI=1S/C24H15F3N4O3/c25-24(26,27)16-1-4-18(5-2-16)31-21(14-7-9-28-10-8-14)12-20(30-31)22(32)29-17-3-6-19-15(11-17)13-34-23(19)33/h1-12H,13H2,(H,29,32). The van der Waals surface area contributed by atoms with E-state index < -0.39 is 23.6 Å². The van der Waals surface area contributed by atoms with Gasteiger partial charge in [0.1, 0.15) is 6.61 Å². The van der Waals surface area contributed by atoms with Crippen molar-refractivity contribution in [2.24, 2.45) is 0 Å². The highest BCUT2D eigenvalue weighted by atomic mass is 19.4. The number of halogens is 3. The third-order valence-electron chi connectivity index (χ3n) is 5.30. The van der Waals surface area contributed by atoms with E-state index in [1.54, 1.807) is 48.8 Å². The zero-order valence-electron chi connectivity index (χ0n) is 17.3. The first kappa shape index (κ1) is 21.4. The van der Waals surface area contributed by atoms with Crippen molar-refractivity contribution in [3.8, 4) is 16.9 Å². The lowest BCUT2D eigenvalue weighted by molar-refractivity contribution is -0.137. The lowest BCUT2D eigenvalue weighted by Crippen LogP contribution is -2.13. The molecule has 0 saturated heterocycles. The van der Waals surface area contributed by atoms with Crippen LogP contribution in [0.4, 0.5) is 18.9 Å². The third-order valence-corrected chi connectivity index (χ3v) is 5.30. The molecule has 0 bridgehead atoms. The van der Waals surface area contributed by atoms with E-state index in [4.69, 9.17) is 4.74 Å². The number of rotatable bonds is 4. The second-order valence-electron chi connectivity index (χ2n) is 7.51. The van der Waals surface area contributed by atoms with E-state index in [9.17, 15) is 22.8 Å². The molecule has 0 fully saturated rings. The maximum absolute atomic E-state index is 13.0. The van der Waals surface area contributed by atoms with Gasteiger partial charge in [-0.15, -0.1) is 0 Å². The summed E-state index contributed by atoms with van der Waals surface area (Å²) in [5.41, 5.74) is 2.36. The maximum atomic E-state index is 13.0. The summed E-state index contributed by atoms with van der Waals surface area (Å²) in [7, 11) is 0. The number of nitrogens with zero attached hydrogens (tertiary/aromatic N) is 3. The molecule has 34 heavy (non-hydrogen) atoms. The summed E-state index contributed by atoms with van der Waals surface area (Å²) in [5.74, 6) is -0.934. The minimum atomic E-state index is -4.47. The van der Waals surface area contributed by atoms with Crippen molar-refractivity contribution < 1.29 is 27.5 Å². The zero-order chi connectivity index (χ0) is 23.9. The van der Waals surface area contributed by atoms with Crippen LogP contribution in [0, 0.1) is 0 Å². The van der Waals surface area contributed by atoms with Crippen LogP contribution < -0.4 is 5.32 Å². The van der Waals surface area contributed by atoms with Crippen LogP contribution in [-0.2, 0) is 17.5 Å². The minimum Gasteiger partial charge on any atom is -0.457 e. The number of fused-ring (bicyclic) bond motifs is 1. The number of esters is 1. The van der Waals surface area contributed by atoms with Crippen molar-refractivity contribution in [3.05, 3.63) is 95.4 Å². The number of hydrogen-bond donors (Lipinski definition) is 1. The van der Waals surface area contributed by atoms with E-state index in [2.05, 4.69) is 15.4 Å². The molecule has 1 aliphatic rings. The summed E-state index contributed by atoms with van der Waals surface area (Å²) in [5, 5.41) is 7.09. The number of cyclic esters (lactones) is 1. The number of ether oxygens (including phenoxy) is 1. The van der Waals surface area contributed by atoms with Gasteiger partial charge in [-0.05, 0) is 60.7 Å². The van der Waals surface area contributed by atoms with Gasteiger partial charge in [-0.2, -0.15) is 18.3 Å². The van der Waals surface area contributed by atoms with Crippen LogP contribution in [0.15, 0.2) is 73.1 Å². The Morgan fingerprint density at radius 2 is 1.74 bits per heavy atom. The molecule has 0 aliphatic carbocycles. The van der Waals surface area contributed by atoms with E-state index in [0.29, 0.717) is 33.8 Å². The molecule has 0 spiro atoms. The fraction of sp³-hybridized carbons (Fsp3) is 0.0833. The summed E-state index contributed by atoms with van der Waals surface area (Å²) >= 11 is 0. The van der Waals surface area contributed by atoms with Gasteiger partial charge in [0.15, 0.2) is 5.69 Å². The van der Waals surface area contributed by atoms with Crippen LogP contribution in [0.3, 0.4) is 0 Å². The van der Waals surface area contributed by atoms with Gasteiger partial charge in [-0.3, -0.25) is 9.78 Å². The zero-order valence-corrected chi connectivity index (χ0v) is 17.3. The molecule has 7 nitrogen and oxygen atoms in total. The average molecular weight is 464 g/mol. The van der Waals surface area contributed by atoms with Gasteiger partial charge in [-0.25, -0.2) is 9.48 Å². The molecule has 2 aromatic carbocycles. The van der Waals surface area contributed by atoms with Crippen molar-refractivity contribution in [2.45, 2.75) is 12.8 Å². The lowest BCUT2D eigenvalue weighted by Gasteiger charge is -2.10. The van der Waals surface area contributed by atoms with Crippen LogP contribution in [0.1, 0.15) is 32.0 Å². The van der Waals surface area contributed by atoms with Gasteiger partial charge in [0.2, 0.25) is 0 Å². The van der Waals surface area contributed by atoms with Gasteiger partial charge in [0.05, 0.1) is 22.5 Å². The topological polar surface area (TPSA) is 86.1 Å². The Morgan fingerprint density at radius 1 is 1.00 bits per heavy atom. The number of anilines is 1. The number of amides is 1. The smallest absolute Gasteiger partial charge is 0.416 e. The van der Waals surface area contributed by atoms with Gasteiger partial charge >= 0.3 is 12.1 Å². The Bertz CT molecular complexity index is 1400. The Hall–Kier alpha value is -4.47. The van der Waals surface area contributed by atoms with Crippen LogP contribution in [0.2, 0.25) is 0 Å². The van der Waals surface area contributed by atoms with E-state index in [-0.39, 0.29) is 12.3 Å². The summed E-state index contributed by atoms with van der Waals surface area (Å²) in [6.07, 6.45) is -1.34. The molecule has 10 heteroatoms. The van der Waals surface area contributed by atoms with Crippen molar-refractivity contribution in [1.29, 1.82) is 0 Å². The number of benzene rings is 2. The summed E-state index contributed by atoms with van der Waals surface area (Å²) in [4.78, 5) is 28.5. The molecule has 3 heterocycles. The largest absolute Gasteiger partial charge is 0.457 e. The van der Waals surface area contributed by atoms with Crippen LogP contribution in [0.25, 0.3) is 16.9 Å². The van der Waals surface area contributed by atoms with Crippen molar-refractivity contribution in [3.63, 3.8) is 0 Å². The number of carbonyl (C=O) groups is 2. The Labute approximate surface area is 190 Å². The molecular weight excluding hydrogens is 449 g/mol. The van der Waals surface area contributed by atoms with Gasteiger partial charge in [0.25, 0.3) is 5.91 Å². The van der Waals surface area contributed by atoms with E-state index in [1.807, 2.05) is 0 Å². The third kappa shape index (κ3) is 4.01. The normalized spacial score (nSPS) is 12.9. The quantitative estimate of drug-likeness (QED) is 0.436. The highest BCUT2D eigenvalue weighted by molar-refractivity contribution is 6.04. The van der Waals surface area contributed by atoms with Crippen molar-refractivity contribution >= 4 is 17.6 Å². The molecule has 1 amide bonds. The number of hydrogen-bond acceptors (Lipinski definition) is 5. The molecule has 0 unspecified atom stereocenters. The Balaban J connectivity index is 1.49. The lowest BCUT2D eigenvalue weighted by atomic mass is 10.1. The van der Waals surface area contributed by atoms with Gasteiger partial charge < -0.3 is 10.1 Å². The first-order valence-corrected chi connectivity index (χ1v) is 10.1. The van der Waals surface area contributed by atoms with E-state index in [1.165, 1.54) is 16.8 Å². The predicted octanol–water partition coefficient (Wildman–Crippen LogP) is 4.88. The van der Waals surface area contributed by atoms with Crippen LogP contribution in [-0.4, -0.2) is 26.6 Å². The van der Waals surface area contributed by atoms with Crippen LogP contribution >= 0.6 is 0 Å². The molecular formula is C24H15F3N4O3. The maximum Gasteiger partial charge on any atom is 0.416 e. The average Bonchev–Trinajstić information content (AvgIpc) is 3.43. The van der Waals surface area contributed by atoms with Crippen molar-refractivity contribution in [1.82, 2.24) is 14.8 Å². The molecule has 5 rings (SSSR count). The second kappa shape index (κ2) is 8.14.